The van der Waals surface area contributed by atoms with E-state index in [0.717, 1.165) is 37.0 Å². The number of hydrogen-bond donors (Lipinski definition) is 1. The highest BCUT2D eigenvalue weighted by Crippen LogP contribution is 2.24. The van der Waals surface area contributed by atoms with E-state index in [4.69, 9.17) is 11.6 Å². The van der Waals surface area contributed by atoms with E-state index >= 15 is 0 Å². The van der Waals surface area contributed by atoms with Gasteiger partial charge in [0, 0.05) is 6.04 Å². The van der Waals surface area contributed by atoms with E-state index in [1.807, 2.05) is 0 Å². The van der Waals surface area contributed by atoms with Crippen molar-refractivity contribution in [2.45, 2.75) is 55.2 Å². The van der Waals surface area contributed by atoms with Gasteiger partial charge in [0.05, 0.1) is 6.20 Å². The molecule has 0 amide bonds. The summed E-state index contributed by atoms with van der Waals surface area (Å²) in [6.07, 6.45) is 9.02. The molecule has 1 saturated carbocycles. The van der Waals surface area contributed by atoms with E-state index in [0.29, 0.717) is 0 Å². The number of thiazole rings is 1. The van der Waals surface area contributed by atoms with Crippen molar-refractivity contribution < 1.29 is 8.42 Å². The molecular weight excluding hydrogens is 292 g/mol. The van der Waals surface area contributed by atoms with Gasteiger partial charge in [0.25, 0.3) is 10.0 Å². The number of hydrogen-bond acceptors (Lipinski definition) is 4. The van der Waals surface area contributed by atoms with Crippen LogP contribution >= 0.6 is 22.9 Å². The maximum atomic E-state index is 12.1. The highest BCUT2D eigenvalue weighted by Gasteiger charge is 2.22. The summed E-state index contributed by atoms with van der Waals surface area (Å²) in [7, 11) is -3.45. The molecule has 0 spiro atoms. The molecule has 7 heteroatoms. The van der Waals surface area contributed by atoms with Crippen LogP contribution in [0.2, 0.25) is 4.47 Å². The van der Waals surface area contributed by atoms with Crippen molar-refractivity contribution in [3.63, 3.8) is 0 Å². The van der Waals surface area contributed by atoms with Crippen LogP contribution in [-0.2, 0) is 10.0 Å². The second kappa shape index (κ2) is 6.32. The third kappa shape index (κ3) is 3.91. The van der Waals surface area contributed by atoms with E-state index in [9.17, 15) is 8.42 Å². The molecule has 1 heterocycles. The number of aromatic nitrogens is 1. The molecule has 0 saturated heterocycles. The first-order valence-corrected chi connectivity index (χ1v) is 8.89. The summed E-state index contributed by atoms with van der Waals surface area (Å²) < 4.78 is 27.5. The molecule has 1 aliphatic carbocycles. The lowest BCUT2D eigenvalue weighted by Crippen LogP contribution is -2.34. The first-order valence-electron chi connectivity index (χ1n) is 6.21. The number of halogens is 1. The molecule has 18 heavy (non-hydrogen) atoms. The van der Waals surface area contributed by atoms with E-state index < -0.39 is 10.0 Å². The van der Waals surface area contributed by atoms with Crippen molar-refractivity contribution >= 4 is 33.0 Å². The Labute approximate surface area is 117 Å². The van der Waals surface area contributed by atoms with Crippen molar-refractivity contribution in [2.24, 2.45) is 0 Å². The first kappa shape index (κ1) is 14.2. The van der Waals surface area contributed by atoms with Crippen molar-refractivity contribution in [1.29, 1.82) is 0 Å². The van der Waals surface area contributed by atoms with Gasteiger partial charge < -0.3 is 0 Å². The molecule has 1 aromatic heterocycles. The SMILES string of the molecule is O=S(=O)(NC1CCCCCCC1)c1cnc(Cl)s1. The van der Waals surface area contributed by atoms with Crippen molar-refractivity contribution in [3.05, 3.63) is 10.7 Å². The summed E-state index contributed by atoms with van der Waals surface area (Å²) in [6.45, 7) is 0. The molecule has 4 nitrogen and oxygen atoms in total. The van der Waals surface area contributed by atoms with Gasteiger partial charge in [0.2, 0.25) is 0 Å². The van der Waals surface area contributed by atoms with Gasteiger partial charge in [-0.3, -0.25) is 0 Å². The quantitative estimate of drug-likeness (QED) is 0.933. The number of rotatable bonds is 3. The van der Waals surface area contributed by atoms with E-state index in [1.165, 1.54) is 25.5 Å². The Morgan fingerprint density at radius 2 is 1.83 bits per heavy atom. The molecule has 0 aromatic carbocycles. The Morgan fingerprint density at radius 3 is 2.39 bits per heavy atom. The normalized spacial score (nSPS) is 19.4. The third-order valence-electron chi connectivity index (χ3n) is 3.15. The molecule has 0 unspecified atom stereocenters. The molecule has 0 radical (unpaired) electrons. The lowest BCUT2D eigenvalue weighted by atomic mass is 9.97. The van der Waals surface area contributed by atoms with Crippen molar-refractivity contribution in [1.82, 2.24) is 9.71 Å². The number of nitrogens with one attached hydrogen (secondary N) is 1. The third-order valence-corrected chi connectivity index (χ3v) is 6.24. The minimum absolute atomic E-state index is 0.0520. The summed E-state index contributed by atoms with van der Waals surface area (Å²) in [5, 5.41) is 0. The van der Waals surface area contributed by atoms with Crippen LogP contribution in [0.15, 0.2) is 10.4 Å². The van der Waals surface area contributed by atoms with Gasteiger partial charge in [0.15, 0.2) is 8.68 Å². The first-order chi connectivity index (χ1) is 8.58. The molecule has 1 N–H and O–H groups in total. The monoisotopic (exact) mass is 308 g/mol. The fourth-order valence-electron chi connectivity index (χ4n) is 2.21. The van der Waals surface area contributed by atoms with Gasteiger partial charge in [-0.1, -0.05) is 55.0 Å². The zero-order chi connectivity index (χ0) is 13.0. The average Bonchev–Trinajstić information content (AvgIpc) is 2.69. The molecule has 0 atom stereocenters. The second-order valence-corrected chi connectivity index (χ2v) is 8.15. The van der Waals surface area contributed by atoms with Crippen LogP contribution in [0.4, 0.5) is 0 Å². The lowest BCUT2D eigenvalue weighted by Gasteiger charge is -2.20. The largest absolute Gasteiger partial charge is 0.251 e. The van der Waals surface area contributed by atoms with Gasteiger partial charge >= 0.3 is 0 Å². The Balaban J connectivity index is 2.02. The minimum atomic E-state index is -3.45. The number of sulfonamides is 1. The summed E-state index contributed by atoms with van der Waals surface area (Å²) in [4.78, 5) is 3.77. The fraction of sp³-hybridized carbons (Fsp3) is 0.727. The van der Waals surface area contributed by atoms with E-state index in [1.54, 1.807) is 0 Å². The van der Waals surface area contributed by atoms with Crippen molar-refractivity contribution in [3.8, 4) is 0 Å². The summed E-state index contributed by atoms with van der Waals surface area (Å²) in [5.74, 6) is 0. The molecule has 0 bridgehead atoms. The van der Waals surface area contributed by atoms with Crippen LogP contribution in [0.5, 0.6) is 0 Å². The second-order valence-electron chi connectivity index (χ2n) is 4.60. The molecule has 1 fully saturated rings. The smallest absolute Gasteiger partial charge is 0.232 e. The van der Waals surface area contributed by atoms with Gasteiger partial charge in [-0.2, -0.15) is 0 Å². The lowest BCUT2D eigenvalue weighted by molar-refractivity contribution is 0.427. The molecule has 1 aromatic rings. The zero-order valence-electron chi connectivity index (χ0n) is 10.1. The topological polar surface area (TPSA) is 59.1 Å². The Kier molecular flexibility index (Phi) is 5.00. The van der Waals surface area contributed by atoms with Crippen LogP contribution in [0.1, 0.15) is 44.9 Å². The Hall–Kier alpha value is -0.170. The van der Waals surface area contributed by atoms with Crippen LogP contribution < -0.4 is 4.72 Å². The maximum absolute atomic E-state index is 12.1. The fourth-order valence-corrected chi connectivity index (χ4v) is 4.83. The highest BCUT2D eigenvalue weighted by atomic mass is 35.5. The van der Waals surface area contributed by atoms with E-state index in [-0.39, 0.29) is 14.7 Å². The van der Waals surface area contributed by atoms with Gasteiger partial charge in [-0.15, -0.1) is 0 Å². The zero-order valence-corrected chi connectivity index (χ0v) is 12.5. The average molecular weight is 309 g/mol. The molecule has 2 rings (SSSR count). The van der Waals surface area contributed by atoms with Crippen LogP contribution in [0, 0.1) is 0 Å². The minimum Gasteiger partial charge on any atom is -0.232 e. The predicted octanol–water partition coefficient (Wildman–Crippen LogP) is 3.19. The van der Waals surface area contributed by atoms with Crippen molar-refractivity contribution in [2.75, 3.05) is 0 Å². The van der Waals surface area contributed by atoms with Gasteiger partial charge in [0.1, 0.15) is 0 Å². The van der Waals surface area contributed by atoms with Crippen LogP contribution in [0.3, 0.4) is 0 Å². The molecular formula is C11H17ClN2O2S2. The standard InChI is InChI=1S/C11H17ClN2O2S2/c12-11-13-8-10(17-11)18(15,16)14-9-6-4-2-1-3-5-7-9/h8-9,14H,1-7H2. The van der Waals surface area contributed by atoms with Crippen LogP contribution in [0.25, 0.3) is 0 Å². The predicted molar refractivity (Wildman–Crippen MR) is 73.6 cm³/mol. The van der Waals surface area contributed by atoms with E-state index in [2.05, 4.69) is 9.71 Å². The molecule has 0 aliphatic heterocycles. The van der Waals surface area contributed by atoms with Gasteiger partial charge in [-0.05, 0) is 12.8 Å². The van der Waals surface area contributed by atoms with Crippen LogP contribution in [-0.4, -0.2) is 19.4 Å². The summed E-state index contributed by atoms with van der Waals surface area (Å²) in [5.41, 5.74) is 0. The Bertz CT molecular complexity index is 479. The molecule has 102 valence electrons. The molecule has 1 aliphatic rings. The summed E-state index contributed by atoms with van der Waals surface area (Å²) >= 11 is 6.67. The number of nitrogens with zero attached hydrogens (tertiary/aromatic N) is 1. The Morgan fingerprint density at radius 1 is 1.22 bits per heavy atom. The van der Waals surface area contributed by atoms with Gasteiger partial charge in [-0.25, -0.2) is 18.1 Å². The summed E-state index contributed by atoms with van der Waals surface area (Å²) in [6, 6.07) is 0.0520. The maximum Gasteiger partial charge on any atom is 0.251 e. The highest BCUT2D eigenvalue weighted by molar-refractivity contribution is 7.91.